The third-order valence-corrected chi connectivity index (χ3v) is 2.77. The van der Waals surface area contributed by atoms with Gasteiger partial charge in [0.25, 0.3) is 0 Å². The van der Waals surface area contributed by atoms with Gasteiger partial charge in [-0.15, -0.1) is 0 Å². The molecule has 0 spiro atoms. The molecule has 0 aliphatic heterocycles. The normalized spacial score (nSPS) is 11.8. The van der Waals surface area contributed by atoms with Gasteiger partial charge in [-0.1, -0.05) is 36.8 Å². The minimum Gasteiger partial charge on any atom is -0.388 e. The summed E-state index contributed by atoms with van der Waals surface area (Å²) in [5.74, 6) is 0.732. The summed E-state index contributed by atoms with van der Waals surface area (Å²) in [6.07, 6.45) is 5.48. The molecular weight excluding hydrogens is 184 g/mol. The quantitative estimate of drug-likeness (QED) is 0.672. The van der Waals surface area contributed by atoms with Crippen LogP contribution in [-0.2, 0) is 4.79 Å². The third-order valence-electron chi connectivity index (χ3n) is 1.81. The van der Waals surface area contributed by atoms with Crippen LogP contribution >= 0.6 is 11.8 Å². The molecule has 13 heavy (non-hydrogen) atoms. The number of rotatable bonds is 6. The average Bonchev–Trinajstić information content (AvgIpc) is 2.17. The summed E-state index contributed by atoms with van der Waals surface area (Å²) in [4.78, 5) is 10.8. The molecule has 0 amide bonds. The van der Waals surface area contributed by atoms with Crippen molar-refractivity contribution < 1.29 is 9.90 Å². The van der Waals surface area contributed by atoms with Crippen molar-refractivity contribution >= 4 is 16.9 Å². The van der Waals surface area contributed by atoms with Gasteiger partial charge in [-0.25, -0.2) is 0 Å². The Labute approximate surface area is 84.4 Å². The van der Waals surface area contributed by atoms with Crippen LogP contribution in [0.15, 0.2) is 11.6 Å². The van der Waals surface area contributed by atoms with Crippen LogP contribution in [0.2, 0.25) is 0 Å². The second-order valence-electron chi connectivity index (χ2n) is 2.87. The van der Waals surface area contributed by atoms with Gasteiger partial charge >= 0.3 is 0 Å². The van der Waals surface area contributed by atoms with Crippen molar-refractivity contribution in [2.45, 2.75) is 33.1 Å². The third kappa shape index (κ3) is 6.84. The molecule has 0 fully saturated rings. The maximum Gasteiger partial charge on any atom is 0.214 e. The van der Waals surface area contributed by atoms with E-state index in [4.69, 9.17) is 5.11 Å². The molecule has 0 radical (unpaired) electrons. The maximum atomic E-state index is 10.8. The van der Waals surface area contributed by atoms with E-state index in [1.165, 1.54) is 30.2 Å². The predicted octanol–water partition coefficient (Wildman–Crippen LogP) is 2.38. The fourth-order valence-electron chi connectivity index (χ4n) is 0.923. The Bertz CT molecular complexity index is 176. The highest BCUT2D eigenvalue weighted by Gasteiger charge is 2.02. The molecule has 3 heteroatoms. The fourth-order valence-corrected chi connectivity index (χ4v) is 1.67. The lowest BCUT2D eigenvalue weighted by atomic mass is 10.1. The second-order valence-corrected chi connectivity index (χ2v) is 3.90. The number of allylic oxidation sites excluding steroid dienone is 1. The van der Waals surface area contributed by atoms with Crippen molar-refractivity contribution in [3.05, 3.63) is 11.6 Å². The fraction of sp³-hybridized carbons (Fsp3) is 0.700. The average molecular weight is 202 g/mol. The highest BCUT2D eigenvalue weighted by Crippen LogP contribution is 2.14. The summed E-state index contributed by atoms with van der Waals surface area (Å²) in [5, 5.41) is 8.36. The number of hydrogen-bond acceptors (Lipinski definition) is 3. The summed E-state index contributed by atoms with van der Waals surface area (Å²) < 4.78 is 0. The van der Waals surface area contributed by atoms with Crippen LogP contribution in [0, 0.1) is 0 Å². The van der Waals surface area contributed by atoms with Gasteiger partial charge < -0.3 is 5.11 Å². The first kappa shape index (κ1) is 12.7. The lowest BCUT2D eigenvalue weighted by Gasteiger charge is -2.03. The van der Waals surface area contributed by atoms with E-state index < -0.39 is 0 Å². The summed E-state index contributed by atoms with van der Waals surface area (Å²) >= 11 is 1.20. The number of aliphatic hydroxyl groups excluding tert-OH is 1. The zero-order valence-corrected chi connectivity index (χ0v) is 9.19. The summed E-state index contributed by atoms with van der Waals surface area (Å²) in [7, 11) is 0. The Morgan fingerprint density at radius 1 is 1.54 bits per heavy atom. The largest absolute Gasteiger partial charge is 0.388 e. The molecular formula is C10H18O2S. The number of carbonyl (C=O) groups is 1. The molecule has 0 unspecified atom stereocenters. The van der Waals surface area contributed by atoms with E-state index in [0.717, 1.165) is 12.2 Å². The molecule has 2 nitrogen and oxygen atoms in total. The molecule has 1 N–H and O–H groups in total. The molecule has 0 aliphatic carbocycles. The number of hydrogen-bond donors (Lipinski definition) is 1. The van der Waals surface area contributed by atoms with E-state index >= 15 is 0 Å². The van der Waals surface area contributed by atoms with E-state index in [9.17, 15) is 4.79 Å². The van der Waals surface area contributed by atoms with Crippen molar-refractivity contribution in [1.82, 2.24) is 0 Å². The van der Waals surface area contributed by atoms with E-state index in [1.807, 2.05) is 6.92 Å². The molecule has 0 heterocycles. The minimum atomic E-state index is -0.352. The summed E-state index contributed by atoms with van der Waals surface area (Å²) in [5.41, 5.74) is 1.30. The lowest BCUT2D eigenvalue weighted by molar-refractivity contribution is -0.113. The molecule has 0 aromatic carbocycles. The molecule has 0 aromatic heterocycles. The highest BCUT2D eigenvalue weighted by atomic mass is 32.2. The van der Waals surface area contributed by atoms with Crippen LogP contribution in [0.3, 0.4) is 0 Å². The number of carbonyl (C=O) groups excluding carboxylic acids is 1. The maximum absolute atomic E-state index is 10.8. The second kappa shape index (κ2) is 8.32. The molecule has 76 valence electrons. The topological polar surface area (TPSA) is 37.3 Å². The molecule has 0 rings (SSSR count). The molecule has 0 bridgehead atoms. The lowest BCUT2D eigenvalue weighted by Crippen LogP contribution is -2.00. The van der Waals surface area contributed by atoms with Crippen molar-refractivity contribution in [3.8, 4) is 0 Å². The Morgan fingerprint density at radius 3 is 2.69 bits per heavy atom. The smallest absolute Gasteiger partial charge is 0.214 e. The number of aliphatic hydroxyl groups is 1. The van der Waals surface area contributed by atoms with Gasteiger partial charge in [-0.05, 0) is 19.8 Å². The Morgan fingerprint density at radius 2 is 2.23 bits per heavy atom. The molecule has 0 aromatic rings. The van der Waals surface area contributed by atoms with Gasteiger partial charge in [0.1, 0.15) is 6.61 Å². The minimum absolute atomic E-state index is 0.143. The van der Waals surface area contributed by atoms with Gasteiger partial charge in [-0.2, -0.15) is 0 Å². The number of unbranched alkanes of at least 4 members (excludes halogenated alkanes) is 1. The zero-order chi connectivity index (χ0) is 10.1. The van der Waals surface area contributed by atoms with Gasteiger partial charge in [0.05, 0.1) is 0 Å². The van der Waals surface area contributed by atoms with Crippen molar-refractivity contribution in [1.29, 1.82) is 0 Å². The Hall–Kier alpha value is -0.280. The van der Waals surface area contributed by atoms with Crippen LogP contribution < -0.4 is 0 Å². The van der Waals surface area contributed by atoms with Crippen LogP contribution in [0.1, 0.15) is 33.1 Å². The molecule has 0 aliphatic rings. The van der Waals surface area contributed by atoms with Crippen molar-refractivity contribution in [2.24, 2.45) is 0 Å². The monoisotopic (exact) mass is 202 g/mol. The van der Waals surface area contributed by atoms with Gasteiger partial charge in [-0.3, -0.25) is 4.79 Å². The molecule has 0 atom stereocenters. The number of thioether (sulfide) groups is 1. The summed E-state index contributed by atoms with van der Waals surface area (Å²) in [6.45, 7) is 3.80. The van der Waals surface area contributed by atoms with Crippen LogP contribution in [0.25, 0.3) is 0 Å². The van der Waals surface area contributed by atoms with Crippen LogP contribution in [0.5, 0.6) is 0 Å². The molecule has 0 saturated carbocycles. The predicted molar refractivity (Wildman–Crippen MR) is 57.8 cm³/mol. The van der Waals surface area contributed by atoms with E-state index in [2.05, 4.69) is 13.0 Å². The first-order valence-electron chi connectivity index (χ1n) is 4.65. The van der Waals surface area contributed by atoms with E-state index in [0.29, 0.717) is 0 Å². The van der Waals surface area contributed by atoms with Gasteiger partial charge in [0, 0.05) is 5.75 Å². The van der Waals surface area contributed by atoms with E-state index in [1.54, 1.807) is 0 Å². The first-order valence-corrected chi connectivity index (χ1v) is 5.63. The SMILES string of the molecule is CC=C(CCCC)CSC(=O)CO. The van der Waals surface area contributed by atoms with Gasteiger partial charge in [0.15, 0.2) is 0 Å². The Kier molecular flexibility index (Phi) is 8.14. The zero-order valence-electron chi connectivity index (χ0n) is 8.38. The first-order chi connectivity index (χ1) is 6.24. The van der Waals surface area contributed by atoms with Crippen molar-refractivity contribution in [3.63, 3.8) is 0 Å². The van der Waals surface area contributed by atoms with E-state index in [-0.39, 0.29) is 11.7 Å². The standard InChI is InChI=1S/C10H18O2S/c1-3-5-6-9(4-2)8-13-10(12)7-11/h4,11H,3,5-8H2,1-2H3. The highest BCUT2D eigenvalue weighted by molar-refractivity contribution is 8.13. The van der Waals surface area contributed by atoms with Crippen molar-refractivity contribution in [2.75, 3.05) is 12.4 Å². The molecule has 0 saturated heterocycles. The Balaban J connectivity index is 3.67. The van der Waals surface area contributed by atoms with Crippen LogP contribution in [-0.4, -0.2) is 22.6 Å². The summed E-state index contributed by atoms with van der Waals surface area (Å²) in [6, 6.07) is 0. The van der Waals surface area contributed by atoms with Crippen LogP contribution in [0.4, 0.5) is 0 Å². The van der Waals surface area contributed by atoms with Gasteiger partial charge in [0.2, 0.25) is 5.12 Å².